The molecule has 1 aliphatic heterocycles. The van der Waals surface area contributed by atoms with Crippen LogP contribution in [-0.2, 0) is 18.4 Å². The fourth-order valence-corrected chi connectivity index (χ4v) is 3.32. The van der Waals surface area contributed by atoms with Gasteiger partial charge in [-0.1, -0.05) is 0 Å². The third kappa shape index (κ3) is 4.26. The maximum atomic E-state index is 12.6. The summed E-state index contributed by atoms with van der Waals surface area (Å²) in [6.07, 6.45) is 9.63. The number of hydrogen-bond acceptors (Lipinski definition) is 3. The first kappa shape index (κ1) is 16.8. The molecule has 1 amide bonds. The Balaban J connectivity index is 1.50. The van der Waals surface area contributed by atoms with E-state index in [4.69, 9.17) is 0 Å². The molecule has 0 bridgehead atoms. The molecule has 1 fully saturated rings. The second-order valence-electron chi connectivity index (χ2n) is 6.72. The average Bonchev–Trinajstić information content (AvgIpc) is 3.16. The molecule has 2 aromatic rings. The van der Waals surface area contributed by atoms with Crippen molar-refractivity contribution in [1.82, 2.24) is 24.1 Å². The second kappa shape index (κ2) is 7.66. The van der Waals surface area contributed by atoms with Crippen molar-refractivity contribution in [3.8, 4) is 0 Å². The van der Waals surface area contributed by atoms with Crippen LogP contribution in [-0.4, -0.2) is 56.2 Å². The number of aryl methyl sites for hydroxylation is 1. The van der Waals surface area contributed by atoms with Gasteiger partial charge in [-0.2, -0.15) is 5.10 Å². The van der Waals surface area contributed by atoms with Gasteiger partial charge in [0, 0.05) is 76.4 Å². The van der Waals surface area contributed by atoms with Crippen LogP contribution >= 0.6 is 0 Å². The normalized spacial score (nSPS) is 17.7. The Morgan fingerprint density at radius 2 is 2.00 bits per heavy atom. The molecule has 6 heteroatoms. The summed E-state index contributed by atoms with van der Waals surface area (Å²) in [6.45, 7) is 6.66. The van der Waals surface area contributed by atoms with Crippen molar-refractivity contribution in [3.63, 3.8) is 0 Å². The van der Waals surface area contributed by atoms with E-state index in [1.165, 1.54) is 5.56 Å². The fraction of sp³-hybridized carbons (Fsp3) is 0.556. The molecule has 0 N–H and O–H groups in total. The van der Waals surface area contributed by atoms with E-state index >= 15 is 0 Å². The molecule has 0 aliphatic carbocycles. The van der Waals surface area contributed by atoms with Gasteiger partial charge in [-0.3, -0.25) is 14.4 Å². The van der Waals surface area contributed by atoms with E-state index in [2.05, 4.69) is 27.7 Å². The van der Waals surface area contributed by atoms with Crippen molar-refractivity contribution < 1.29 is 4.79 Å². The van der Waals surface area contributed by atoms with E-state index in [1.807, 2.05) is 47.4 Å². The van der Waals surface area contributed by atoms with Gasteiger partial charge in [-0.25, -0.2) is 0 Å². The number of aromatic nitrogens is 3. The molecule has 3 heterocycles. The molecule has 1 unspecified atom stereocenters. The molecule has 1 aliphatic rings. The van der Waals surface area contributed by atoms with Crippen molar-refractivity contribution in [2.45, 2.75) is 32.4 Å². The molecule has 0 spiro atoms. The Labute approximate surface area is 143 Å². The third-order valence-electron chi connectivity index (χ3n) is 4.71. The van der Waals surface area contributed by atoms with E-state index in [0.29, 0.717) is 6.42 Å². The number of rotatable bonds is 5. The smallest absolute Gasteiger partial charge is 0.224 e. The number of hydrogen-bond donors (Lipinski definition) is 0. The number of carbonyl (C=O) groups is 1. The van der Waals surface area contributed by atoms with Crippen LogP contribution in [0.15, 0.2) is 36.9 Å². The number of carbonyl (C=O) groups excluding carboxylic acids is 1. The Kier molecular flexibility index (Phi) is 5.35. The molecular weight excluding hydrogens is 302 g/mol. The van der Waals surface area contributed by atoms with Gasteiger partial charge in [0.1, 0.15) is 0 Å². The zero-order valence-corrected chi connectivity index (χ0v) is 14.6. The predicted molar refractivity (Wildman–Crippen MR) is 93.4 cm³/mol. The van der Waals surface area contributed by atoms with Gasteiger partial charge in [0.15, 0.2) is 0 Å². The van der Waals surface area contributed by atoms with Crippen molar-refractivity contribution >= 4 is 5.91 Å². The Morgan fingerprint density at radius 3 is 2.71 bits per heavy atom. The SMILES string of the molecule is CC(CC(=O)N1CCCN(Cc2cnn(C)c2)CC1)n1cccc1. The zero-order valence-electron chi connectivity index (χ0n) is 14.6. The molecule has 0 saturated carbocycles. The van der Waals surface area contributed by atoms with Crippen LogP contribution in [0.3, 0.4) is 0 Å². The van der Waals surface area contributed by atoms with Gasteiger partial charge >= 0.3 is 0 Å². The molecule has 0 aromatic carbocycles. The molecule has 1 saturated heterocycles. The highest BCUT2D eigenvalue weighted by Crippen LogP contribution is 2.15. The fourth-order valence-electron chi connectivity index (χ4n) is 3.32. The minimum absolute atomic E-state index is 0.210. The maximum absolute atomic E-state index is 12.6. The molecule has 3 rings (SSSR count). The highest BCUT2D eigenvalue weighted by Gasteiger charge is 2.21. The third-order valence-corrected chi connectivity index (χ3v) is 4.71. The quantitative estimate of drug-likeness (QED) is 0.842. The number of amides is 1. The highest BCUT2D eigenvalue weighted by molar-refractivity contribution is 5.76. The largest absolute Gasteiger partial charge is 0.351 e. The highest BCUT2D eigenvalue weighted by atomic mass is 16.2. The minimum atomic E-state index is 0.210. The molecular formula is C18H27N5O. The average molecular weight is 329 g/mol. The first-order valence-corrected chi connectivity index (χ1v) is 8.72. The van der Waals surface area contributed by atoms with E-state index in [0.717, 1.165) is 39.1 Å². The van der Waals surface area contributed by atoms with Crippen molar-refractivity contribution in [3.05, 3.63) is 42.5 Å². The molecule has 24 heavy (non-hydrogen) atoms. The van der Waals surface area contributed by atoms with Crippen LogP contribution < -0.4 is 0 Å². The van der Waals surface area contributed by atoms with Crippen LogP contribution in [0.5, 0.6) is 0 Å². The van der Waals surface area contributed by atoms with Crippen LogP contribution in [0.25, 0.3) is 0 Å². The Hall–Kier alpha value is -2.08. The zero-order chi connectivity index (χ0) is 16.9. The molecule has 1 atom stereocenters. The minimum Gasteiger partial charge on any atom is -0.351 e. The molecule has 0 radical (unpaired) electrons. The van der Waals surface area contributed by atoms with E-state index in [9.17, 15) is 4.79 Å². The van der Waals surface area contributed by atoms with E-state index in [-0.39, 0.29) is 11.9 Å². The van der Waals surface area contributed by atoms with Crippen molar-refractivity contribution in [1.29, 1.82) is 0 Å². The summed E-state index contributed by atoms with van der Waals surface area (Å²) in [5.74, 6) is 0.263. The number of nitrogens with zero attached hydrogens (tertiary/aromatic N) is 5. The lowest BCUT2D eigenvalue weighted by atomic mass is 10.2. The van der Waals surface area contributed by atoms with Crippen LogP contribution in [0, 0.1) is 0 Å². The molecule has 2 aromatic heterocycles. The summed E-state index contributed by atoms with van der Waals surface area (Å²) in [5, 5.41) is 4.23. The lowest BCUT2D eigenvalue weighted by Gasteiger charge is -2.23. The van der Waals surface area contributed by atoms with Gasteiger partial charge < -0.3 is 9.47 Å². The first-order chi connectivity index (χ1) is 11.6. The van der Waals surface area contributed by atoms with Crippen LogP contribution in [0.2, 0.25) is 0 Å². The summed E-state index contributed by atoms with van der Waals surface area (Å²) in [4.78, 5) is 17.1. The summed E-state index contributed by atoms with van der Waals surface area (Å²) in [7, 11) is 1.94. The maximum Gasteiger partial charge on any atom is 0.224 e. The summed E-state index contributed by atoms with van der Waals surface area (Å²) in [6, 6.07) is 4.22. The second-order valence-corrected chi connectivity index (χ2v) is 6.72. The summed E-state index contributed by atoms with van der Waals surface area (Å²) in [5.41, 5.74) is 1.23. The topological polar surface area (TPSA) is 46.3 Å². The van der Waals surface area contributed by atoms with Crippen molar-refractivity contribution in [2.75, 3.05) is 26.2 Å². The van der Waals surface area contributed by atoms with Gasteiger partial charge in [-0.15, -0.1) is 0 Å². The van der Waals surface area contributed by atoms with Gasteiger partial charge in [-0.05, 0) is 25.5 Å². The lowest BCUT2D eigenvalue weighted by molar-refractivity contribution is -0.131. The van der Waals surface area contributed by atoms with E-state index < -0.39 is 0 Å². The van der Waals surface area contributed by atoms with E-state index in [1.54, 1.807) is 0 Å². The van der Waals surface area contributed by atoms with Gasteiger partial charge in [0.2, 0.25) is 5.91 Å². The Morgan fingerprint density at radius 1 is 1.21 bits per heavy atom. The predicted octanol–water partition coefficient (Wildman–Crippen LogP) is 1.91. The van der Waals surface area contributed by atoms with Crippen LogP contribution in [0.4, 0.5) is 0 Å². The molecule has 130 valence electrons. The van der Waals surface area contributed by atoms with Crippen molar-refractivity contribution in [2.24, 2.45) is 7.05 Å². The summed E-state index contributed by atoms with van der Waals surface area (Å²) < 4.78 is 3.94. The van der Waals surface area contributed by atoms with Crippen LogP contribution in [0.1, 0.15) is 31.4 Å². The standard InChI is InChI=1S/C18H27N5O/c1-16(22-7-3-4-8-22)12-18(24)23-9-5-6-21(10-11-23)15-17-13-19-20(2)14-17/h3-4,7-8,13-14,16H,5-6,9-12,15H2,1-2H3. The summed E-state index contributed by atoms with van der Waals surface area (Å²) >= 11 is 0. The monoisotopic (exact) mass is 329 g/mol. The molecule has 6 nitrogen and oxygen atoms in total. The Bertz CT molecular complexity index is 648. The lowest BCUT2D eigenvalue weighted by Crippen LogP contribution is -2.36. The first-order valence-electron chi connectivity index (χ1n) is 8.72. The van der Waals surface area contributed by atoms with Gasteiger partial charge in [0.05, 0.1) is 6.20 Å². The van der Waals surface area contributed by atoms with Gasteiger partial charge in [0.25, 0.3) is 0 Å².